The summed E-state index contributed by atoms with van der Waals surface area (Å²) in [5, 5.41) is 0. The van der Waals surface area contributed by atoms with E-state index in [9.17, 15) is 12.8 Å². The average molecular weight is 476 g/mol. The van der Waals surface area contributed by atoms with Crippen molar-refractivity contribution in [2.45, 2.75) is 30.8 Å². The van der Waals surface area contributed by atoms with Crippen molar-refractivity contribution in [3.63, 3.8) is 0 Å². The van der Waals surface area contributed by atoms with E-state index in [4.69, 9.17) is 19.1 Å². The molecule has 8 nitrogen and oxygen atoms in total. The second-order valence-corrected chi connectivity index (χ2v) is 9.51. The first-order valence-electron chi connectivity index (χ1n) is 10.6. The fourth-order valence-electron chi connectivity index (χ4n) is 3.51. The molecule has 3 aromatic rings. The van der Waals surface area contributed by atoms with Gasteiger partial charge in [-0.1, -0.05) is 17.7 Å². The molecule has 0 saturated carbocycles. The Hall–Kier alpha value is -2.95. The van der Waals surface area contributed by atoms with Crippen molar-refractivity contribution in [3.05, 3.63) is 59.9 Å². The minimum absolute atomic E-state index is 0.0541. The fourth-order valence-corrected chi connectivity index (χ4v) is 4.64. The summed E-state index contributed by atoms with van der Waals surface area (Å²) in [6.07, 6.45) is 1.09. The number of anilines is 1. The van der Waals surface area contributed by atoms with Crippen molar-refractivity contribution in [1.82, 2.24) is 4.98 Å². The van der Waals surface area contributed by atoms with E-state index in [1.165, 1.54) is 0 Å². The topological polar surface area (TPSA) is 108 Å². The monoisotopic (exact) mass is 475 g/mol. The van der Waals surface area contributed by atoms with E-state index in [1.54, 1.807) is 42.5 Å². The lowest BCUT2D eigenvalue weighted by atomic mass is 10.1. The summed E-state index contributed by atoms with van der Waals surface area (Å²) < 4.78 is 54.6. The number of halogens is 1. The second kappa shape index (κ2) is 9.90. The first-order chi connectivity index (χ1) is 15.9. The Labute approximate surface area is 191 Å². The van der Waals surface area contributed by atoms with Gasteiger partial charge in [-0.25, -0.2) is 4.39 Å². The Morgan fingerprint density at radius 3 is 2.64 bits per heavy atom. The molecule has 10 heteroatoms. The number of nitrogens with zero attached hydrogens (tertiary/aromatic N) is 2. The molecule has 0 spiro atoms. The zero-order valence-corrected chi connectivity index (χ0v) is 19.1. The number of hydrogen-bond donors (Lipinski definition) is 1. The Morgan fingerprint density at radius 2 is 1.97 bits per heavy atom. The zero-order chi connectivity index (χ0) is 23.4. The van der Waals surface area contributed by atoms with Crippen molar-refractivity contribution in [2.75, 3.05) is 31.1 Å². The number of piperidine rings is 1. The van der Waals surface area contributed by atoms with E-state index in [2.05, 4.69) is 4.98 Å². The number of fused-ring (bicyclic) bond motifs is 1. The van der Waals surface area contributed by atoms with Crippen LogP contribution in [0.1, 0.15) is 18.4 Å². The molecule has 1 aliphatic rings. The Bertz CT molecular complexity index is 1230. The lowest BCUT2D eigenvalue weighted by Crippen LogP contribution is -2.38. The predicted molar refractivity (Wildman–Crippen MR) is 122 cm³/mol. The summed E-state index contributed by atoms with van der Waals surface area (Å²) >= 11 is 0. The van der Waals surface area contributed by atoms with Gasteiger partial charge in [0.15, 0.2) is 5.58 Å². The van der Waals surface area contributed by atoms with Gasteiger partial charge in [-0.2, -0.15) is 13.4 Å². The summed E-state index contributed by atoms with van der Waals surface area (Å²) in [6, 6.07) is 12.3. The second-order valence-electron chi connectivity index (χ2n) is 7.94. The van der Waals surface area contributed by atoms with Gasteiger partial charge >= 0.3 is 0 Å². The van der Waals surface area contributed by atoms with Crippen molar-refractivity contribution in [3.8, 4) is 5.75 Å². The van der Waals surface area contributed by atoms with Gasteiger partial charge in [-0.15, -0.1) is 0 Å². The number of aromatic nitrogens is 1. The SMILES string of the molecule is Cc1ccc(S(=O)(=O)OC2CCN(c3nc4ccc(OC/C(=C\F)CN)cc4o3)CC2)cc1. The van der Waals surface area contributed by atoms with E-state index in [0.717, 1.165) is 5.56 Å². The summed E-state index contributed by atoms with van der Waals surface area (Å²) in [6.45, 7) is 3.13. The van der Waals surface area contributed by atoms with Gasteiger partial charge in [0.2, 0.25) is 0 Å². The van der Waals surface area contributed by atoms with Crippen LogP contribution in [0, 0.1) is 6.92 Å². The molecule has 1 aromatic heterocycles. The molecule has 0 aliphatic carbocycles. The van der Waals surface area contributed by atoms with E-state index in [-0.39, 0.29) is 18.0 Å². The number of rotatable bonds is 8. The molecule has 2 N–H and O–H groups in total. The largest absolute Gasteiger partial charge is 0.489 e. The van der Waals surface area contributed by atoms with Gasteiger partial charge < -0.3 is 19.8 Å². The molecule has 0 radical (unpaired) electrons. The van der Waals surface area contributed by atoms with Crippen LogP contribution in [0.25, 0.3) is 11.1 Å². The van der Waals surface area contributed by atoms with Crippen LogP contribution in [-0.4, -0.2) is 45.7 Å². The highest BCUT2D eigenvalue weighted by atomic mass is 32.2. The van der Waals surface area contributed by atoms with E-state index < -0.39 is 16.2 Å². The molecular formula is C23H26FN3O5S. The first-order valence-corrected chi connectivity index (χ1v) is 12.1. The number of aryl methyl sites for hydroxylation is 1. The van der Waals surface area contributed by atoms with Gasteiger partial charge in [0, 0.05) is 31.3 Å². The maximum absolute atomic E-state index is 12.6. The van der Waals surface area contributed by atoms with Crippen LogP contribution in [0.4, 0.5) is 10.4 Å². The lowest BCUT2D eigenvalue weighted by molar-refractivity contribution is 0.176. The van der Waals surface area contributed by atoms with Crippen molar-refractivity contribution < 1.29 is 26.1 Å². The summed E-state index contributed by atoms with van der Waals surface area (Å²) in [7, 11) is -3.81. The molecule has 0 unspecified atom stereocenters. The highest BCUT2D eigenvalue weighted by molar-refractivity contribution is 7.86. The average Bonchev–Trinajstić information content (AvgIpc) is 3.24. The molecule has 176 valence electrons. The van der Waals surface area contributed by atoms with Gasteiger partial charge in [-0.05, 0) is 44.0 Å². The maximum Gasteiger partial charge on any atom is 0.298 e. The molecular weight excluding hydrogens is 449 g/mol. The maximum atomic E-state index is 12.6. The van der Waals surface area contributed by atoms with Crippen LogP contribution < -0.4 is 15.4 Å². The van der Waals surface area contributed by atoms with Gasteiger partial charge in [0.1, 0.15) is 17.9 Å². The minimum Gasteiger partial charge on any atom is -0.489 e. The van der Waals surface area contributed by atoms with E-state index in [0.29, 0.717) is 60.7 Å². The smallest absolute Gasteiger partial charge is 0.298 e. The Kier molecular flexibility index (Phi) is 6.96. The van der Waals surface area contributed by atoms with Crippen LogP contribution in [0.5, 0.6) is 5.75 Å². The van der Waals surface area contributed by atoms with Crippen molar-refractivity contribution in [1.29, 1.82) is 0 Å². The van der Waals surface area contributed by atoms with Gasteiger partial charge in [0.25, 0.3) is 16.1 Å². The molecule has 1 fully saturated rings. The van der Waals surface area contributed by atoms with Gasteiger partial charge in [0.05, 0.1) is 17.3 Å². The van der Waals surface area contributed by atoms with Crippen LogP contribution >= 0.6 is 0 Å². The van der Waals surface area contributed by atoms with E-state index in [1.807, 2.05) is 11.8 Å². The fraction of sp³-hybridized carbons (Fsp3) is 0.348. The molecule has 0 atom stereocenters. The third-order valence-corrected chi connectivity index (χ3v) is 6.85. The predicted octanol–water partition coefficient (Wildman–Crippen LogP) is 3.70. The van der Waals surface area contributed by atoms with Crippen LogP contribution in [-0.2, 0) is 14.3 Å². The number of ether oxygens (including phenoxy) is 1. The van der Waals surface area contributed by atoms with E-state index >= 15 is 0 Å². The third-order valence-electron chi connectivity index (χ3n) is 5.47. The molecule has 0 bridgehead atoms. The first kappa shape index (κ1) is 23.2. The zero-order valence-electron chi connectivity index (χ0n) is 18.2. The molecule has 0 amide bonds. The Morgan fingerprint density at radius 1 is 1.24 bits per heavy atom. The van der Waals surface area contributed by atoms with Crippen molar-refractivity contribution >= 4 is 27.2 Å². The molecule has 1 aliphatic heterocycles. The minimum atomic E-state index is -3.81. The normalized spacial score (nSPS) is 15.8. The number of nitrogens with two attached hydrogens (primary N) is 1. The molecule has 2 heterocycles. The number of hydrogen-bond acceptors (Lipinski definition) is 8. The summed E-state index contributed by atoms with van der Waals surface area (Å²) in [4.78, 5) is 6.63. The van der Waals surface area contributed by atoms with Crippen LogP contribution in [0.2, 0.25) is 0 Å². The quantitative estimate of drug-likeness (QED) is 0.492. The molecule has 33 heavy (non-hydrogen) atoms. The number of oxazole rings is 1. The Balaban J connectivity index is 1.37. The van der Waals surface area contributed by atoms with Crippen LogP contribution in [0.3, 0.4) is 0 Å². The van der Waals surface area contributed by atoms with Crippen molar-refractivity contribution in [2.24, 2.45) is 5.73 Å². The third kappa shape index (κ3) is 5.52. The number of benzene rings is 2. The highest BCUT2D eigenvalue weighted by Crippen LogP contribution is 2.29. The highest BCUT2D eigenvalue weighted by Gasteiger charge is 2.28. The summed E-state index contributed by atoms with van der Waals surface area (Å²) in [5.41, 5.74) is 7.98. The van der Waals surface area contributed by atoms with Gasteiger partial charge in [-0.3, -0.25) is 4.18 Å². The standard InChI is InChI=1S/C23H26FN3O5S/c1-16-2-5-20(6-3-16)33(28,29)32-18-8-10-27(11-9-18)23-26-21-7-4-19(12-22(21)31-23)30-15-17(13-24)14-25/h2-7,12-13,18H,8-11,14-15,25H2,1H3/b17-13-. The molecule has 4 rings (SSSR count). The lowest BCUT2D eigenvalue weighted by Gasteiger charge is -2.30. The molecule has 2 aromatic carbocycles. The summed E-state index contributed by atoms with van der Waals surface area (Å²) in [5.74, 6) is 0.520. The van der Waals surface area contributed by atoms with Crippen LogP contribution in [0.15, 0.2) is 63.7 Å². The molecule has 1 saturated heterocycles.